The van der Waals surface area contributed by atoms with Gasteiger partial charge in [-0.15, -0.1) is 0 Å². The Labute approximate surface area is 241 Å². The number of carbonyl (C=O) groups excluding carboxylic acids is 1. The summed E-state index contributed by atoms with van der Waals surface area (Å²) in [6, 6.07) is 0. The zero-order valence-corrected chi connectivity index (χ0v) is 27.6. The molecule has 8 nitrogen and oxygen atoms in total. The minimum atomic E-state index is -0.310. The van der Waals surface area contributed by atoms with Crippen molar-refractivity contribution in [3.05, 3.63) is 0 Å². The SMILES string of the molecule is CC(C)(CN(CCCCOCCCCOC(C)(C)C)C(C)(C)C)NCCCOCCNC(=O)COC(C)(C)C. The lowest BCUT2D eigenvalue weighted by atomic mass is 9.98. The van der Waals surface area contributed by atoms with E-state index in [1.807, 2.05) is 20.8 Å². The van der Waals surface area contributed by atoms with Gasteiger partial charge in [0, 0.05) is 50.6 Å². The summed E-state index contributed by atoms with van der Waals surface area (Å²) in [5.74, 6) is -0.106. The summed E-state index contributed by atoms with van der Waals surface area (Å²) in [7, 11) is 0. The Morgan fingerprint density at radius 3 is 1.77 bits per heavy atom. The fourth-order valence-corrected chi connectivity index (χ4v) is 3.78. The predicted octanol–water partition coefficient (Wildman–Crippen LogP) is 5.19. The summed E-state index contributed by atoms with van der Waals surface area (Å²) in [5.41, 5.74) is -0.254. The van der Waals surface area contributed by atoms with E-state index in [0.717, 1.165) is 71.6 Å². The molecule has 8 heteroatoms. The Kier molecular flexibility index (Phi) is 19.0. The highest BCUT2D eigenvalue weighted by molar-refractivity contribution is 5.77. The molecule has 0 spiro atoms. The van der Waals surface area contributed by atoms with Crippen molar-refractivity contribution in [2.75, 3.05) is 65.8 Å². The van der Waals surface area contributed by atoms with Gasteiger partial charge in [-0.05, 0) is 121 Å². The highest BCUT2D eigenvalue weighted by atomic mass is 16.5. The molecule has 0 aromatic carbocycles. The van der Waals surface area contributed by atoms with Crippen LogP contribution in [-0.4, -0.2) is 98.9 Å². The highest BCUT2D eigenvalue weighted by Gasteiger charge is 2.27. The number of ether oxygens (including phenoxy) is 4. The van der Waals surface area contributed by atoms with Crippen molar-refractivity contribution in [2.24, 2.45) is 0 Å². The number of hydrogen-bond acceptors (Lipinski definition) is 7. The molecule has 0 aliphatic rings. The molecular formula is C31H65N3O5. The Hall–Kier alpha value is -0.770. The molecule has 0 aliphatic heterocycles. The van der Waals surface area contributed by atoms with E-state index in [-0.39, 0.29) is 34.8 Å². The zero-order valence-electron chi connectivity index (χ0n) is 27.6. The fourth-order valence-electron chi connectivity index (χ4n) is 3.78. The summed E-state index contributed by atoms with van der Waals surface area (Å²) >= 11 is 0. The van der Waals surface area contributed by atoms with E-state index in [2.05, 4.69) is 70.9 Å². The molecule has 1 amide bonds. The number of carbonyl (C=O) groups is 1. The Balaban J connectivity index is 4.00. The maximum absolute atomic E-state index is 11.8. The largest absolute Gasteiger partial charge is 0.381 e. The quantitative estimate of drug-likeness (QED) is 0.177. The third-order valence-electron chi connectivity index (χ3n) is 5.99. The molecule has 0 radical (unpaired) electrons. The van der Waals surface area contributed by atoms with E-state index in [9.17, 15) is 4.79 Å². The number of amides is 1. The first-order chi connectivity index (χ1) is 17.9. The van der Waals surface area contributed by atoms with E-state index in [1.165, 1.54) is 0 Å². The van der Waals surface area contributed by atoms with Gasteiger partial charge in [-0.3, -0.25) is 9.69 Å². The van der Waals surface area contributed by atoms with Crippen molar-refractivity contribution in [1.82, 2.24) is 15.5 Å². The molecule has 0 rings (SSSR count). The van der Waals surface area contributed by atoms with E-state index in [1.54, 1.807) is 0 Å². The van der Waals surface area contributed by atoms with Crippen LogP contribution >= 0.6 is 0 Å². The summed E-state index contributed by atoms with van der Waals surface area (Å²) in [5, 5.41) is 6.53. The predicted molar refractivity (Wildman–Crippen MR) is 163 cm³/mol. The summed E-state index contributed by atoms with van der Waals surface area (Å²) in [6.45, 7) is 30.7. The van der Waals surface area contributed by atoms with Gasteiger partial charge in [0.15, 0.2) is 0 Å². The smallest absolute Gasteiger partial charge is 0.246 e. The molecule has 0 saturated carbocycles. The minimum absolute atomic E-state index is 0.0000645. The molecular weight excluding hydrogens is 494 g/mol. The third kappa shape index (κ3) is 25.9. The molecule has 0 unspecified atom stereocenters. The van der Waals surface area contributed by atoms with Crippen LogP contribution in [0.15, 0.2) is 0 Å². The van der Waals surface area contributed by atoms with Crippen LogP contribution in [0.5, 0.6) is 0 Å². The van der Waals surface area contributed by atoms with Gasteiger partial charge in [-0.25, -0.2) is 0 Å². The molecule has 0 aromatic rings. The molecule has 2 N–H and O–H groups in total. The lowest BCUT2D eigenvalue weighted by Crippen LogP contribution is -2.54. The number of rotatable bonds is 22. The van der Waals surface area contributed by atoms with Gasteiger partial charge in [-0.1, -0.05) is 0 Å². The van der Waals surface area contributed by atoms with Crippen LogP contribution in [-0.2, 0) is 23.7 Å². The second-order valence-corrected chi connectivity index (χ2v) is 14.1. The molecule has 234 valence electrons. The van der Waals surface area contributed by atoms with Gasteiger partial charge in [0.2, 0.25) is 5.91 Å². The Bertz CT molecular complexity index is 621. The van der Waals surface area contributed by atoms with Gasteiger partial charge in [0.05, 0.1) is 17.8 Å². The molecule has 0 aliphatic carbocycles. The van der Waals surface area contributed by atoms with Crippen LogP contribution < -0.4 is 10.6 Å². The molecule has 0 bridgehead atoms. The van der Waals surface area contributed by atoms with Crippen molar-refractivity contribution in [3.63, 3.8) is 0 Å². The molecule has 0 heterocycles. The van der Waals surface area contributed by atoms with E-state index >= 15 is 0 Å². The standard InChI is InChI=1S/C31H65N3O5/c1-28(2,3)34(19-12-13-20-36-21-14-15-23-38-29(4,5)6)26-31(10,11)33-17-16-22-37-24-18-32-27(35)25-39-30(7,8)9/h33H,12-26H2,1-11H3,(H,32,35). The first kappa shape index (κ1) is 38.2. The minimum Gasteiger partial charge on any atom is -0.381 e. The number of nitrogens with one attached hydrogen (secondary N) is 2. The topological polar surface area (TPSA) is 81.3 Å². The zero-order chi connectivity index (χ0) is 30.0. The van der Waals surface area contributed by atoms with Crippen LogP contribution in [0, 0.1) is 0 Å². The summed E-state index contributed by atoms with van der Waals surface area (Å²) in [4.78, 5) is 14.3. The van der Waals surface area contributed by atoms with Crippen LogP contribution in [0.3, 0.4) is 0 Å². The van der Waals surface area contributed by atoms with Gasteiger partial charge in [0.1, 0.15) is 6.61 Å². The van der Waals surface area contributed by atoms with Gasteiger partial charge in [0.25, 0.3) is 0 Å². The van der Waals surface area contributed by atoms with Gasteiger partial charge >= 0.3 is 0 Å². The lowest BCUT2D eigenvalue weighted by molar-refractivity contribution is -0.130. The fraction of sp³-hybridized carbons (Fsp3) is 0.968. The number of hydrogen-bond donors (Lipinski definition) is 2. The number of unbranched alkanes of at least 4 members (excludes halogenated alkanes) is 2. The normalized spacial score (nSPS) is 13.3. The Morgan fingerprint density at radius 1 is 0.641 bits per heavy atom. The van der Waals surface area contributed by atoms with Crippen LogP contribution in [0.25, 0.3) is 0 Å². The van der Waals surface area contributed by atoms with Crippen molar-refractivity contribution in [1.29, 1.82) is 0 Å². The second-order valence-electron chi connectivity index (χ2n) is 14.1. The first-order valence-electron chi connectivity index (χ1n) is 15.1. The Morgan fingerprint density at radius 2 is 1.18 bits per heavy atom. The van der Waals surface area contributed by atoms with E-state index in [0.29, 0.717) is 19.8 Å². The van der Waals surface area contributed by atoms with Crippen molar-refractivity contribution < 1.29 is 23.7 Å². The van der Waals surface area contributed by atoms with E-state index < -0.39 is 0 Å². The molecule has 0 saturated heterocycles. The summed E-state index contributed by atoms with van der Waals surface area (Å²) < 4.78 is 22.8. The highest BCUT2D eigenvalue weighted by Crippen LogP contribution is 2.18. The van der Waals surface area contributed by atoms with Crippen molar-refractivity contribution in [3.8, 4) is 0 Å². The van der Waals surface area contributed by atoms with Gasteiger partial charge < -0.3 is 29.6 Å². The third-order valence-corrected chi connectivity index (χ3v) is 5.99. The molecule has 0 aromatic heterocycles. The van der Waals surface area contributed by atoms with Crippen LogP contribution in [0.4, 0.5) is 0 Å². The number of nitrogens with zero attached hydrogens (tertiary/aromatic N) is 1. The lowest BCUT2D eigenvalue weighted by Gasteiger charge is -2.41. The van der Waals surface area contributed by atoms with Crippen molar-refractivity contribution >= 4 is 5.91 Å². The first-order valence-corrected chi connectivity index (χ1v) is 15.1. The molecule has 39 heavy (non-hydrogen) atoms. The summed E-state index contributed by atoms with van der Waals surface area (Å²) in [6.07, 6.45) is 5.25. The average Bonchev–Trinajstić information content (AvgIpc) is 2.78. The monoisotopic (exact) mass is 559 g/mol. The van der Waals surface area contributed by atoms with Crippen LogP contribution in [0.1, 0.15) is 108 Å². The molecule has 0 fully saturated rings. The van der Waals surface area contributed by atoms with Gasteiger partial charge in [-0.2, -0.15) is 0 Å². The molecule has 0 atom stereocenters. The maximum atomic E-state index is 11.8. The van der Waals surface area contributed by atoms with E-state index in [4.69, 9.17) is 18.9 Å². The average molecular weight is 560 g/mol. The second kappa shape index (κ2) is 19.4. The van der Waals surface area contributed by atoms with Crippen LogP contribution in [0.2, 0.25) is 0 Å². The maximum Gasteiger partial charge on any atom is 0.246 e. The van der Waals surface area contributed by atoms with Crippen molar-refractivity contribution in [2.45, 2.75) is 131 Å².